The second-order valence-electron chi connectivity index (χ2n) is 8.83. The lowest BCUT2D eigenvalue weighted by Crippen LogP contribution is -2.37. The van der Waals surface area contributed by atoms with E-state index in [1.807, 2.05) is 12.1 Å². The van der Waals surface area contributed by atoms with Gasteiger partial charge in [0, 0.05) is 5.39 Å². The smallest absolute Gasteiger partial charge is 0.342 e. The van der Waals surface area contributed by atoms with Crippen molar-refractivity contribution in [3.05, 3.63) is 95.7 Å². The molecule has 0 atom stereocenters. The summed E-state index contributed by atoms with van der Waals surface area (Å²) in [6.07, 6.45) is 0. The maximum absolute atomic E-state index is 14.3. The van der Waals surface area contributed by atoms with Crippen molar-refractivity contribution in [2.75, 3.05) is 25.6 Å². The first-order valence-corrected chi connectivity index (χ1v) is 13.6. The van der Waals surface area contributed by atoms with E-state index in [9.17, 15) is 18.0 Å². The van der Waals surface area contributed by atoms with Crippen LogP contribution in [-0.2, 0) is 14.8 Å². The molecule has 0 aliphatic carbocycles. The van der Waals surface area contributed by atoms with Crippen LogP contribution in [0.4, 0.5) is 5.69 Å². The van der Waals surface area contributed by atoms with Gasteiger partial charge >= 0.3 is 5.97 Å². The number of aryl methyl sites for hydroxylation is 1. The van der Waals surface area contributed by atoms with Crippen LogP contribution in [0.3, 0.4) is 0 Å². The first-order valence-electron chi connectivity index (χ1n) is 12.1. The number of anilines is 1. The Morgan fingerprint density at radius 1 is 0.775 bits per heavy atom. The lowest BCUT2D eigenvalue weighted by atomic mass is 10.1. The van der Waals surface area contributed by atoms with Crippen LogP contribution in [0.1, 0.15) is 26.5 Å². The Balaban J connectivity index is 1.79. The maximum Gasteiger partial charge on any atom is 0.342 e. The van der Waals surface area contributed by atoms with E-state index in [1.54, 1.807) is 31.2 Å². The molecule has 5 rings (SSSR count). The molecule has 5 aromatic rings. The largest absolute Gasteiger partial charge is 0.496 e. The summed E-state index contributed by atoms with van der Waals surface area (Å²) in [5.74, 6) is -1.03. The van der Waals surface area contributed by atoms with Gasteiger partial charge < -0.3 is 18.6 Å². The fourth-order valence-corrected chi connectivity index (χ4v) is 6.08. The third kappa shape index (κ3) is 4.42. The number of methoxy groups -OCH3 is 3. The number of furan rings is 1. The Morgan fingerprint density at radius 3 is 2.10 bits per heavy atom. The van der Waals surface area contributed by atoms with Crippen LogP contribution in [0.25, 0.3) is 21.7 Å². The van der Waals surface area contributed by atoms with Gasteiger partial charge in [-0.05, 0) is 60.2 Å². The van der Waals surface area contributed by atoms with Crippen LogP contribution in [0.2, 0.25) is 0 Å². The van der Waals surface area contributed by atoms with Gasteiger partial charge in [0.15, 0.2) is 0 Å². The molecular weight excluding hydrogens is 534 g/mol. The van der Waals surface area contributed by atoms with Crippen LogP contribution in [0, 0.1) is 6.92 Å². The summed E-state index contributed by atoms with van der Waals surface area (Å²) < 4.78 is 50.7. The predicted octanol–water partition coefficient (Wildman–Crippen LogP) is 5.73. The van der Waals surface area contributed by atoms with E-state index in [2.05, 4.69) is 0 Å². The average Bonchev–Trinajstić information content (AvgIpc) is 3.30. The molecule has 1 amide bonds. The fourth-order valence-electron chi connectivity index (χ4n) is 4.65. The number of esters is 1. The minimum Gasteiger partial charge on any atom is -0.496 e. The van der Waals surface area contributed by atoms with Gasteiger partial charge in [-0.1, -0.05) is 36.4 Å². The lowest BCUT2D eigenvalue weighted by molar-refractivity contribution is 0.0600. The van der Waals surface area contributed by atoms with Gasteiger partial charge in [-0.3, -0.25) is 4.79 Å². The Bertz CT molecular complexity index is 1870. The molecule has 0 spiro atoms. The highest BCUT2D eigenvalue weighted by Gasteiger charge is 2.36. The molecule has 0 unspecified atom stereocenters. The number of ether oxygens (including phenoxy) is 3. The fraction of sp³-hybridized carbons (Fsp3) is 0.133. The molecule has 0 radical (unpaired) electrons. The number of hydrogen-bond donors (Lipinski definition) is 0. The molecule has 10 heteroatoms. The predicted molar refractivity (Wildman–Crippen MR) is 150 cm³/mol. The van der Waals surface area contributed by atoms with Crippen molar-refractivity contribution in [2.24, 2.45) is 0 Å². The zero-order valence-electron chi connectivity index (χ0n) is 22.1. The van der Waals surface area contributed by atoms with Gasteiger partial charge in [-0.25, -0.2) is 13.2 Å². The van der Waals surface area contributed by atoms with Gasteiger partial charge in [0.1, 0.15) is 34.0 Å². The highest BCUT2D eigenvalue weighted by molar-refractivity contribution is 7.93. The molecule has 0 fully saturated rings. The number of amides is 1. The summed E-state index contributed by atoms with van der Waals surface area (Å²) in [4.78, 5) is 26.7. The summed E-state index contributed by atoms with van der Waals surface area (Å²) in [5, 5.41) is 1.81. The van der Waals surface area contributed by atoms with Gasteiger partial charge in [0.05, 0.1) is 31.9 Å². The molecule has 0 saturated carbocycles. The van der Waals surface area contributed by atoms with Gasteiger partial charge in [-0.2, -0.15) is 4.31 Å². The van der Waals surface area contributed by atoms with E-state index in [0.717, 1.165) is 5.39 Å². The molecule has 0 N–H and O–H groups in total. The molecule has 0 aliphatic heterocycles. The summed E-state index contributed by atoms with van der Waals surface area (Å²) in [6, 6.07) is 21.0. The Morgan fingerprint density at radius 2 is 1.45 bits per heavy atom. The molecule has 1 heterocycles. The van der Waals surface area contributed by atoms with Crippen molar-refractivity contribution in [2.45, 2.75) is 11.8 Å². The van der Waals surface area contributed by atoms with E-state index in [0.29, 0.717) is 26.4 Å². The zero-order chi connectivity index (χ0) is 28.6. The molecule has 0 aliphatic rings. The highest BCUT2D eigenvalue weighted by Crippen LogP contribution is 2.37. The van der Waals surface area contributed by atoms with E-state index in [-0.39, 0.29) is 33.2 Å². The Hall–Kier alpha value is -4.83. The van der Waals surface area contributed by atoms with Crippen molar-refractivity contribution in [1.29, 1.82) is 0 Å². The number of sulfonamides is 1. The van der Waals surface area contributed by atoms with Crippen LogP contribution in [0.5, 0.6) is 11.5 Å². The summed E-state index contributed by atoms with van der Waals surface area (Å²) in [5.41, 5.74) is 0.342. The molecule has 0 saturated heterocycles. The number of carbonyl (C=O) groups is 2. The van der Waals surface area contributed by atoms with Crippen molar-refractivity contribution in [3.8, 4) is 11.5 Å². The third-order valence-electron chi connectivity index (χ3n) is 6.56. The monoisotopic (exact) mass is 559 g/mol. The first kappa shape index (κ1) is 26.8. The number of benzene rings is 4. The number of rotatable bonds is 7. The summed E-state index contributed by atoms with van der Waals surface area (Å²) in [6.45, 7) is 1.60. The highest BCUT2D eigenvalue weighted by atomic mass is 32.2. The molecule has 40 heavy (non-hydrogen) atoms. The van der Waals surface area contributed by atoms with Gasteiger partial charge in [0.25, 0.3) is 15.9 Å². The molecule has 0 bridgehead atoms. The molecular formula is C30H25NO8S. The number of fused-ring (bicyclic) bond motifs is 2. The summed E-state index contributed by atoms with van der Waals surface area (Å²) >= 11 is 0. The standard InChI is InChI=1S/C30H25NO8S/c1-18-27(30(33)38-4)23-17-21(13-15-24(23)39-18)31(29(32)28-25(36-2)10-7-11-26(28)37-3)40(34,35)22-14-12-19-8-5-6-9-20(19)16-22/h5-17H,1-4H3. The van der Waals surface area contributed by atoms with E-state index < -0.39 is 21.9 Å². The SMILES string of the molecule is COC(=O)c1c(C)oc2ccc(N(C(=O)c3c(OC)cccc3OC)S(=O)(=O)c3ccc4ccccc4c3)cc12. The van der Waals surface area contributed by atoms with Crippen LogP contribution >= 0.6 is 0 Å². The van der Waals surface area contributed by atoms with Gasteiger partial charge in [0.2, 0.25) is 0 Å². The van der Waals surface area contributed by atoms with Crippen LogP contribution in [-0.4, -0.2) is 41.6 Å². The third-order valence-corrected chi connectivity index (χ3v) is 8.26. The quantitative estimate of drug-likeness (QED) is 0.232. The van der Waals surface area contributed by atoms with Crippen molar-refractivity contribution >= 4 is 49.3 Å². The normalized spacial score (nSPS) is 11.4. The Labute approximate surface area is 230 Å². The summed E-state index contributed by atoms with van der Waals surface area (Å²) in [7, 11) is -0.540. The minimum absolute atomic E-state index is 0.0235. The van der Waals surface area contributed by atoms with Crippen molar-refractivity contribution < 1.29 is 36.6 Å². The van der Waals surface area contributed by atoms with E-state index in [1.165, 1.54) is 63.8 Å². The number of nitrogens with zero attached hydrogens (tertiary/aromatic N) is 1. The zero-order valence-corrected chi connectivity index (χ0v) is 22.9. The maximum atomic E-state index is 14.3. The van der Waals surface area contributed by atoms with Crippen LogP contribution in [0.15, 0.2) is 88.2 Å². The van der Waals surface area contributed by atoms with E-state index in [4.69, 9.17) is 18.6 Å². The topological polar surface area (TPSA) is 112 Å². The molecule has 204 valence electrons. The van der Waals surface area contributed by atoms with Crippen LogP contribution < -0.4 is 13.8 Å². The molecule has 9 nitrogen and oxygen atoms in total. The van der Waals surface area contributed by atoms with E-state index >= 15 is 0 Å². The number of hydrogen-bond acceptors (Lipinski definition) is 8. The minimum atomic E-state index is -4.52. The second kappa shape index (κ2) is 10.4. The average molecular weight is 560 g/mol. The lowest BCUT2D eigenvalue weighted by Gasteiger charge is -2.24. The van der Waals surface area contributed by atoms with Crippen molar-refractivity contribution in [3.63, 3.8) is 0 Å². The second-order valence-corrected chi connectivity index (χ2v) is 10.6. The number of carbonyl (C=O) groups excluding carboxylic acids is 2. The van der Waals surface area contributed by atoms with Gasteiger partial charge in [-0.15, -0.1) is 0 Å². The molecule has 4 aromatic carbocycles. The molecule has 1 aromatic heterocycles. The Kier molecular flexibility index (Phi) is 6.95. The van der Waals surface area contributed by atoms with Crippen molar-refractivity contribution in [1.82, 2.24) is 0 Å². The first-order chi connectivity index (χ1) is 19.2.